The van der Waals surface area contributed by atoms with Crippen molar-refractivity contribution in [1.29, 1.82) is 0 Å². The highest BCUT2D eigenvalue weighted by atomic mass is 35.5. The number of aryl methyl sites for hydroxylation is 1. The number of nitro groups is 2. The maximum absolute atomic E-state index is 13.3. The first-order chi connectivity index (χ1) is 18.6. The van der Waals surface area contributed by atoms with Crippen molar-refractivity contribution in [2.45, 2.75) is 51.0 Å². The van der Waals surface area contributed by atoms with Crippen LogP contribution in [-0.4, -0.2) is 25.5 Å². The first-order valence-corrected chi connectivity index (χ1v) is 13.3. The Morgan fingerprint density at radius 2 is 1.69 bits per heavy atom. The predicted octanol–water partition coefficient (Wildman–Crippen LogP) is 6.63. The topological polar surface area (TPSA) is 142 Å². The van der Waals surface area contributed by atoms with Gasteiger partial charge in [-0.25, -0.2) is 0 Å². The van der Waals surface area contributed by atoms with Crippen molar-refractivity contribution in [3.63, 3.8) is 0 Å². The van der Waals surface area contributed by atoms with Crippen LogP contribution < -0.4 is 10.1 Å². The molecule has 202 valence electrons. The van der Waals surface area contributed by atoms with Gasteiger partial charge in [-0.05, 0) is 87.0 Å². The fraction of sp³-hybridized carbons (Fsp3) is 0.407. The van der Waals surface area contributed by atoms with E-state index in [-0.39, 0.29) is 34.0 Å². The molecule has 4 bridgehead atoms. The van der Waals surface area contributed by atoms with Gasteiger partial charge in [0.15, 0.2) is 0 Å². The number of aromatic nitrogens is 2. The average Bonchev–Trinajstić information content (AvgIpc) is 3.33. The highest BCUT2D eigenvalue weighted by Gasteiger charge is 2.53. The third kappa shape index (κ3) is 4.71. The molecule has 1 aromatic heterocycles. The molecule has 3 aromatic rings. The Hall–Kier alpha value is -3.99. The summed E-state index contributed by atoms with van der Waals surface area (Å²) in [5, 5.41) is 31.1. The highest BCUT2D eigenvalue weighted by molar-refractivity contribution is 6.31. The summed E-state index contributed by atoms with van der Waals surface area (Å²) in [6.07, 6.45) is 7.71. The van der Waals surface area contributed by atoms with Gasteiger partial charge in [0, 0.05) is 17.2 Å². The molecule has 7 rings (SSSR count). The minimum Gasteiger partial charge on any atom is -0.457 e. The lowest BCUT2D eigenvalue weighted by molar-refractivity contribution is -0.385. The Morgan fingerprint density at radius 1 is 1.03 bits per heavy atom. The molecule has 4 fully saturated rings. The largest absolute Gasteiger partial charge is 0.457 e. The van der Waals surface area contributed by atoms with Crippen molar-refractivity contribution >= 4 is 34.6 Å². The number of halogens is 1. The average molecular weight is 552 g/mol. The van der Waals surface area contributed by atoms with E-state index in [1.165, 1.54) is 43.7 Å². The number of non-ortho nitro benzene ring substituents is 1. The van der Waals surface area contributed by atoms with Crippen LogP contribution in [0.5, 0.6) is 11.5 Å². The summed E-state index contributed by atoms with van der Waals surface area (Å²) in [5.41, 5.74) is -0.521. The van der Waals surface area contributed by atoms with E-state index in [0.717, 1.165) is 24.8 Å². The number of hydrogen-bond donors (Lipinski definition) is 1. The second-order valence-corrected chi connectivity index (χ2v) is 11.6. The molecule has 4 aliphatic carbocycles. The Morgan fingerprint density at radius 3 is 2.28 bits per heavy atom. The molecule has 0 unspecified atom stereocenters. The number of anilines is 1. The molecule has 1 amide bonds. The van der Waals surface area contributed by atoms with Gasteiger partial charge < -0.3 is 10.1 Å². The van der Waals surface area contributed by atoms with Crippen LogP contribution >= 0.6 is 11.6 Å². The summed E-state index contributed by atoms with van der Waals surface area (Å²) in [5.74, 6) is 1.45. The van der Waals surface area contributed by atoms with Crippen LogP contribution in [-0.2, 0) is 5.54 Å². The maximum Gasteiger partial charge on any atom is 0.320 e. The number of amides is 1. The van der Waals surface area contributed by atoms with Gasteiger partial charge >= 0.3 is 5.69 Å². The summed E-state index contributed by atoms with van der Waals surface area (Å²) in [6.45, 7) is 1.80. The molecule has 4 aliphatic rings. The monoisotopic (exact) mass is 551 g/mol. The molecular formula is C27H26ClN5O6. The van der Waals surface area contributed by atoms with Crippen molar-refractivity contribution in [3.8, 4) is 11.5 Å². The van der Waals surface area contributed by atoms with Crippen molar-refractivity contribution in [1.82, 2.24) is 9.78 Å². The fourth-order valence-corrected chi connectivity index (χ4v) is 7.19. The maximum atomic E-state index is 13.3. The van der Waals surface area contributed by atoms with Gasteiger partial charge in [0.25, 0.3) is 11.6 Å². The molecule has 12 heteroatoms. The van der Waals surface area contributed by atoms with Crippen LogP contribution in [0, 0.1) is 44.9 Å². The van der Waals surface area contributed by atoms with Crippen LogP contribution in [0.1, 0.15) is 54.6 Å². The van der Waals surface area contributed by atoms with Crippen molar-refractivity contribution in [2.24, 2.45) is 17.8 Å². The molecule has 0 saturated heterocycles. The van der Waals surface area contributed by atoms with Gasteiger partial charge in [0.2, 0.25) is 5.69 Å². The number of benzene rings is 2. The van der Waals surface area contributed by atoms with E-state index < -0.39 is 15.8 Å². The second kappa shape index (κ2) is 9.33. The third-order valence-corrected chi connectivity index (χ3v) is 8.75. The van der Waals surface area contributed by atoms with E-state index >= 15 is 0 Å². The predicted molar refractivity (Wildman–Crippen MR) is 142 cm³/mol. The number of nitrogens with zero attached hydrogens (tertiary/aromatic N) is 4. The number of nitrogens with one attached hydrogen (secondary N) is 1. The lowest BCUT2D eigenvalue weighted by atomic mass is 9.53. The standard InChI is InChI=1S/C27H26ClN5O6/c1-15-4-21(2-3-23(15)28)39-22-9-19(8-20(10-22)32(35)36)29-26(34)25-24(33(37)38)14-31(30-25)27-11-16-5-17(12-27)7-18(6-16)13-27/h2-4,8-10,14,16-18H,5-7,11-13H2,1H3,(H,29,34). The Labute approximate surface area is 228 Å². The minimum atomic E-state index is -0.820. The van der Waals surface area contributed by atoms with Crippen molar-refractivity contribution in [3.05, 3.63) is 79.1 Å². The normalized spacial score (nSPS) is 24.9. The van der Waals surface area contributed by atoms with Crippen LogP contribution in [0.4, 0.5) is 17.1 Å². The summed E-state index contributed by atoms with van der Waals surface area (Å²) in [7, 11) is 0. The molecule has 0 radical (unpaired) electrons. The van der Waals surface area contributed by atoms with Gasteiger partial charge in [-0.2, -0.15) is 5.10 Å². The van der Waals surface area contributed by atoms with Crippen molar-refractivity contribution in [2.75, 3.05) is 5.32 Å². The van der Waals surface area contributed by atoms with Gasteiger partial charge in [0.05, 0.1) is 27.1 Å². The van der Waals surface area contributed by atoms with E-state index in [9.17, 15) is 25.0 Å². The molecule has 0 aliphatic heterocycles. The summed E-state index contributed by atoms with van der Waals surface area (Å²) in [4.78, 5) is 35.6. The zero-order valence-corrected chi connectivity index (χ0v) is 21.9. The number of ether oxygens (including phenoxy) is 1. The SMILES string of the molecule is Cc1cc(Oc2cc(NC(=O)c3nn(C45CC6CC(CC(C6)C4)C5)cc3[N+](=O)[O-])cc([N+](=O)[O-])c2)ccc1Cl. The molecule has 11 nitrogen and oxygen atoms in total. The molecule has 1 N–H and O–H groups in total. The van der Waals surface area contributed by atoms with E-state index in [1.54, 1.807) is 29.8 Å². The molecular weight excluding hydrogens is 526 g/mol. The number of hydrogen-bond acceptors (Lipinski definition) is 7. The first-order valence-electron chi connectivity index (χ1n) is 12.9. The highest BCUT2D eigenvalue weighted by Crippen LogP contribution is 2.58. The van der Waals surface area contributed by atoms with Crippen LogP contribution in [0.3, 0.4) is 0 Å². The molecule has 0 spiro atoms. The second-order valence-electron chi connectivity index (χ2n) is 11.1. The summed E-state index contributed by atoms with van der Waals surface area (Å²) >= 11 is 6.07. The Balaban J connectivity index is 1.30. The van der Waals surface area contributed by atoms with Crippen molar-refractivity contribution < 1.29 is 19.4 Å². The zero-order chi connectivity index (χ0) is 27.5. The van der Waals surface area contributed by atoms with E-state index in [2.05, 4.69) is 10.4 Å². The van der Waals surface area contributed by atoms with E-state index in [0.29, 0.717) is 28.5 Å². The fourth-order valence-electron chi connectivity index (χ4n) is 7.08. The van der Waals surface area contributed by atoms with Crippen LogP contribution in [0.15, 0.2) is 42.6 Å². The number of nitro benzene ring substituents is 1. The Kier molecular flexibility index (Phi) is 6.05. The summed E-state index contributed by atoms with van der Waals surface area (Å²) in [6, 6.07) is 8.75. The zero-order valence-electron chi connectivity index (χ0n) is 21.1. The van der Waals surface area contributed by atoms with E-state index in [1.807, 2.05) is 0 Å². The van der Waals surface area contributed by atoms with E-state index in [4.69, 9.17) is 16.3 Å². The molecule has 0 atom stereocenters. The Bertz CT molecular complexity index is 1480. The number of carbonyl (C=O) groups excluding carboxylic acids is 1. The third-order valence-electron chi connectivity index (χ3n) is 8.32. The van der Waals surface area contributed by atoms with Gasteiger partial charge in [0.1, 0.15) is 17.7 Å². The summed E-state index contributed by atoms with van der Waals surface area (Å²) < 4.78 is 7.46. The molecule has 39 heavy (non-hydrogen) atoms. The van der Waals surface area contributed by atoms with Gasteiger partial charge in [-0.15, -0.1) is 0 Å². The molecule has 2 aromatic carbocycles. The quantitative estimate of drug-likeness (QED) is 0.256. The molecule has 4 saturated carbocycles. The van der Waals surface area contributed by atoms with Crippen LogP contribution in [0.2, 0.25) is 5.02 Å². The van der Waals surface area contributed by atoms with Crippen LogP contribution in [0.25, 0.3) is 0 Å². The first kappa shape index (κ1) is 25.3. The lowest BCUT2D eigenvalue weighted by Gasteiger charge is -2.56. The number of carbonyl (C=O) groups is 1. The van der Waals surface area contributed by atoms with Gasteiger partial charge in [-0.1, -0.05) is 11.6 Å². The minimum absolute atomic E-state index is 0.0496. The van der Waals surface area contributed by atoms with Gasteiger partial charge in [-0.3, -0.25) is 29.7 Å². The molecule has 1 heterocycles. The smallest absolute Gasteiger partial charge is 0.320 e. The number of rotatable bonds is 7. The lowest BCUT2D eigenvalue weighted by Crippen LogP contribution is -2.52.